The maximum atomic E-state index is 12.4. The quantitative estimate of drug-likeness (QED) is 0.400. The lowest BCUT2D eigenvalue weighted by atomic mass is 10.1. The third-order valence-corrected chi connectivity index (χ3v) is 4.09. The molecule has 1 N–H and O–H groups in total. The lowest BCUT2D eigenvalue weighted by molar-refractivity contribution is -0.142. The van der Waals surface area contributed by atoms with E-state index in [-0.39, 0.29) is 28.7 Å². The number of amides is 1. The van der Waals surface area contributed by atoms with Gasteiger partial charge in [-0.3, -0.25) is 4.79 Å². The van der Waals surface area contributed by atoms with Crippen LogP contribution in [0.25, 0.3) is 6.08 Å². The summed E-state index contributed by atoms with van der Waals surface area (Å²) < 4.78 is 15.1. The second-order valence-electron chi connectivity index (χ2n) is 5.53. The highest BCUT2D eigenvalue weighted by molar-refractivity contribution is 6.32. The molecule has 1 amide bonds. The number of rotatable bonds is 7. The number of hydrogen-bond donors (Lipinski definition) is 1. The molecule has 0 aliphatic rings. The molecule has 0 saturated heterocycles. The van der Waals surface area contributed by atoms with Gasteiger partial charge in [-0.1, -0.05) is 29.3 Å². The van der Waals surface area contributed by atoms with E-state index in [0.29, 0.717) is 16.3 Å². The second kappa shape index (κ2) is 10.4. The molecule has 0 bridgehead atoms. The first-order valence-corrected chi connectivity index (χ1v) is 8.89. The zero-order chi connectivity index (χ0) is 21.4. The van der Waals surface area contributed by atoms with E-state index < -0.39 is 11.9 Å². The first kappa shape index (κ1) is 22.1. The minimum atomic E-state index is -0.615. The Hall–Kier alpha value is -3.21. The van der Waals surface area contributed by atoms with Gasteiger partial charge in [0, 0.05) is 10.7 Å². The van der Waals surface area contributed by atoms with Crippen LogP contribution in [0.3, 0.4) is 0 Å². The molecule has 9 heteroatoms. The van der Waals surface area contributed by atoms with Crippen LogP contribution >= 0.6 is 23.2 Å². The molecule has 0 unspecified atom stereocenters. The smallest absolute Gasteiger partial charge is 0.343 e. The number of nitriles is 1. The van der Waals surface area contributed by atoms with Crippen LogP contribution in [0.5, 0.6) is 11.5 Å². The van der Waals surface area contributed by atoms with Crippen molar-refractivity contribution < 1.29 is 23.8 Å². The fraction of sp³-hybridized carbons (Fsp3) is 0.150. The Morgan fingerprint density at radius 1 is 1.21 bits per heavy atom. The number of anilines is 1. The summed E-state index contributed by atoms with van der Waals surface area (Å²) in [5.41, 5.74) is 0.715. The third-order valence-electron chi connectivity index (χ3n) is 3.57. The standard InChI is InChI=1S/C20H16Cl2N2O5/c1-27-17-8-12(7-16(22)19(17)29-11-18(25)28-2)6-13(10-23)20(26)24-15-5-3-4-14(21)9-15/h3-9H,11H2,1-2H3,(H,24,26)/b13-6+. The van der Waals surface area contributed by atoms with Gasteiger partial charge in [-0.25, -0.2) is 4.79 Å². The molecule has 150 valence electrons. The fourth-order valence-corrected chi connectivity index (χ4v) is 2.70. The normalized spacial score (nSPS) is 10.7. The molecule has 2 aromatic rings. The number of nitrogens with zero attached hydrogens (tertiary/aromatic N) is 1. The van der Waals surface area contributed by atoms with Crippen molar-refractivity contribution in [1.82, 2.24) is 0 Å². The minimum Gasteiger partial charge on any atom is -0.493 e. The molecular weight excluding hydrogens is 419 g/mol. The molecule has 0 aliphatic heterocycles. The number of ether oxygens (including phenoxy) is 3. The van der Waals surface area contributed by atoms with Gasteiger partial charge < -0.3 is 19.5 Å². The van der Waals surface area contributed by atoms with Gasteiger partial charge in [0.1, 0.15) is 11.6 Å². The summed E-state index contributed by atoms with van der Waals surface area (Å²) in [6.07, 6.45) is 1.35. The van der Waals surface area contributed by atoms with Gasteiger partial charge in [0.15, 0.2) is 18.1 Å². The van der Waals surface area contributed by atoms with Gasteiger partial charge in [0.05, 0.1) is 19.2 Å². The molecule has 0 atom stereocenters. The van der Waals surface area contributed by atoms with Crippen molar-refractivity contribution in [1.29, 1.82) is 5.26 Å². The Morgan fingerprint density at radius 2 is 1.97 bits per heavy atom. The highest BCUT2D eigenvalue weighted by Crippen LogP contribution is 2.37. The van der Waals surface area contributed by atoms with Crippen molar-refractivity contribution in [3.05, 3.63) is 57.6 Å². The first-order valence-electron chi connectivity index (χ1n) is 8.13. The zero-order valence-electron chi connectivity index (χ0n) is 15.5. The number of benzene rings is 2. The van der Waals surface area contributed by atoms with Crippen LogP contribution < -0.4 is 14.8 Å². The Bertz CT molecular complexity index is 999. The van der Waals surface area contributed by atoms with Gasteiger partial charge in [-0.05, 0) is 42.0 Å². The topological polar surface area (TPSA) is 97.7 Å². The highest BCUT2D eigenvalue weighted by Gasteiger charge is 2.15. The molecule has 0 fully saturated rings. The van der Waals surface area contributed by atoms with Crippen LogP contribution in [0.4, 0.5) is 5.69 Å². The van der Waals surface area contributed by atoms with Crippen LogP contribution in [0.2, 0.25) is 10.0 Å². The molecule has 0 radical (unpaired) electrons. The summed E-state index contributed by atoms with van der Waals surface area (Å²) in [6, 6.07) is 11.4. The number of carbonyl (C=O) groups excluding carboxylic acids is 2. The summed E-state index contributed by atoms with van der Waals surface area (Å²) in [6.45, 7) is -0.354. The van der Waals surface area contributed by atoms with Crippen LogP contribution in [-0.4, -0.2) is 32.7 Å². The lowest BCUT2D eigenvalue weighted by Gasteiger charge is -2.12. The Labute approximate surface area is 177 Å². The molecule has 2 aromatic carbocycles. The highest BCUT2D eigenvalue weighted by atomic mass is 35.5. The monoisotopic (exact) mass is 434 g/mol. The largest absolute Gasteiger partial charge is 0.493 e. The zero-order valence-corrected chi connectivity index (χ0v) is 17.0. The number of methoxy groups -OCH3 is 2. The Balaban J connectivity index is 2.28. The van der Waals surface area contributed by atoms with Gasteiger partial charge in [-0.15, -0.1) is 0 Å². The number of carbonyl (C=O) groups is 2. The van der Waals surface area contributed by atoms with Crippen LogP contribution in [0, 0.1) is 11.3 Å². The van der Waals surface area contributed by atoms with Crippen LogP contribution in [0.15, 0.2) is 42.0 Å². The molecule has 2 rings (SSSR count). The molecule has 0 aliphatic carbocycles. The van der Waals surface area contributed by atoms with Crippen molar-refractivity contribution in [3.8, 4) is 17.6 Å². The van der Waals surface area contributed by atoms with Gasteiger partial charge in [0.25, 0.3) is 5.91 Å². The average molecular weight is 435 g/mol. The first-order chi connectivity index (χ1) is 13.9. The van der Waals surface area contributed by atoms with E-state index in [1.54, 1.807) is 24.3 Å². The SMILES string of the molecule is COC(=O)COc1c(Cl)cc(/C=C(\C#N)C(=O)Nc2cccc(Cl)c2)cc1OC. The summed E-state index contributed by atoms with van der Waals surface area (Å²) in [5.74, 6) is -0.841. The summed E-state index contributed by atoms with van der Waals surface area (Å²) in [7, 11) is 2.62. The van der Waals surface area contributed by atoms with E-state index >= 15 is 0 Å². The minimum absolute atomic E-state index is 0.132. The van der Waals surface area contributed by atoms with Crippen LogP contribution in [0.1, 0.15) is 5.56 Å². The van der Waals surface area contributed by atoms with Crippen molar-refractivity contribution in [3.63, 3.8) is 0 Å². The summed E-state index contributed by atoms with van der Waals surface area (Å²) >= 11 is 12.1. The van der Waals surface area contributed by atoms with Crippen molar-refractivity contribution >= 4 is 46.8 Å². The third kappa shape index (κ3) is 6.14. The van der Waals surface area contributed by atoms with Crippen molar-refractivity contribution in [2.45, 2.75) is 0 Å². The van der Waals surface area contributed by atoms with Gasteiger partial charge >= 0.3 is 5.97 Å². The molecule has 0 aromatic heterocycles. The Morgan fingerprint density at radius 3 is 2.59 bits per heavy atom. The molecular formula is C20H16Cl2N2O5. The molecule has 0 heterocycles. The molecule has 29 heavy (non-hydrogen) atoms. The van der Waals surface area contributed by atoms with Crippen molar-refractivity contribution in [2.24, 2.45) is 0 Å². The van der Waals surface area contributed by atoms with E-state index in [4.69, 9.17) is 32.7 Å². The maximum Gasteiger partial charge on any atom is 0.343 e. The Kier molecular flexibility index (Phi) is 7.89. The van der Waals surface area contributed by atoms with Gasteiger partial charge in [0.2, 0.25) is 0 Å². The van der Waals surface area contributed by atoms with Gasteiger partial charge in [-0.2, -0.15) is 5.26 Å². The van der Waals surface area contributed by atoms with E-state index in [2.05, 4.69) is 10.1 Å². The van der Waals surface area contributed by atoms with Crippen molar-refractivity contribution in [2.75, 3.05) is 26.1 Å². The summed E-state index contributed by atoms with van der Waals surface area (Å²) in [4.78, 5) is 23.7. The van der Waals surface area contributed by atoms with E-state index in [1.807, 2.05) is 6.07 Å². The van der Waals surface area contributed by atoms with Crippen LogP contribution in [-0.2, 0) is 14.3 Å². The fourth-order valence-electron chi connectivity index (χ4n) is 2.23. The van der Waals surface area contributed by atoms with E-state index in [9.17, 15) is 14.9 Å². The molecule has 0 saturated carbocycles. The second-order valence-corrected chi connectivity index (χ2v) is 6.38. The number of nitrogens with one attached hydrogen (secondary N) is 1. The lowest BCUT2D eigenvalue weighted by Crippen LogP contribution is -2.13. The number of halogens is 2. The van der Waals surface area contributed by atoms with E-state index in [1.165, 1.54) is 32.4 Å². The predicted molar refractivity (Wildman–Crippen MR) is 109 cm³/mol. The average Bonchev–Trinajstić information content (AvgIpc) is 2.70. The maximum absolute atomic E-state index is 12.4. The molecule has 0 spiro atoms. The predicted octanol–water partition coefficient (Wildman–Crippen LogP) is 4.10. The summed E-state index contributed by atoms with van der Waals surface area (Å²) in [5, 5.41) is 12.5. The number of esters is 1. The number of hydrogen-bond acceptors (Lipinski definition) is 6. The van der Waals surface area contributed by atoms with E-state index in [0.717, 1.165) is 0 Å². The molecule has 7 nitrogen and oxygen atoms in total.